The Morgan fingerprint density at radius 3 is 2.40 bits per heavy atom. The molecule has 1 aromatic heterocycles. The van der Waals surface area contributed by atoms with Crippen LogP contribution in [0.2, 0.25) is 0 Å². The minimum atomic E-state index is 0.397. The van der Waals surface area contributed by atoms with Gasteiger partial charge in [-0.15, -0.1) is 5.10 Å². The van der Waals surface area contributed by atoms with Crippen LogP contribution in [0.25, 0.3) is 17.5 Å². The van der Waals surface area contributed by atoms with E-state index in [0.717, 1.165) is 44.0 Å². The van der Waals surface area contributed by atoms with Crippen LogP contribution in [0.5, 0.6) is 5.75 Å². The number of aromatic nitrogens is 2. The molecule has 1 aliphatic heterocycles. The van der Waals surface area contributed by atoms with E-state index in [-0.39, 0.29) is 0 Å². The van der Waals surface area contributed by atoms with E-state index in [1.54, 1.807) is 11.8 Å². The van der Waals surface area contributed by atoms with Crippen molar-refractivity contribution in [3.63, 3.8) is 0 Å². The van der Waals surface area contributed by atoms with Gasteiger partial charge in [-0.1, -0.05) is 42.5 Å². The van der Waals surface area contributed by atoms with E-state index in [0.29, 0.717) is 17.4 Å². The van der Waals surface area contributed by atoms with Crippen molar-refractivity contribution in [3.8, 4) is 17.2 Å². The zero-order valence-electron chi connectivity index (χ0n) is 17.1. The number of hydrogen-bond acceptors (Lipinski definition) is 6. The largest absolute Gasteiger partial charge is 0.497 e. The average Bonchev–Trinajstić information content (AvgIpc) is 3.16. The van der Waals surface area contributed by atoms with E-state index in [9.17, 15) is 0 Å². The third kappa shape index (κ3) is 5.24. The average molecular weight is 423 g/mol. The predicted octanol–water partition coefficient (Wildman–Crippen LogP) is 4.17. The molecule has 0 spiro atoms. The van der Waals surface area contributed by atoms with Gasteiger partial charge in [0.2, 0.25) is 5.89 Å². The summed E-state index contributed by atoms with van der Waals surface area (Å²) in [4.78, 5) is 5.21. The van der Waals surface area contributed by atoms with Crippen molar-refractivity contribution in [2.75, 3.05) is 39.8 Å². The van der Waals surface area contributed by atoms with Crippen molar-refractivity contribution in [2.24, 2.45) is 0 Å². The lowest BCUT2D eigenvalue weighted by Crippen LogP contribution is -2.46. The molecule has 0 bridgehead atoms. The van der Waals surface area contributed by atoms with Crippen molar-refractivity contribution >= 4 is 18.3 Å². The molecule has 3 aromatic rings. The lowest BCUT2D eigenvalue weighted by molar-refractivity contribution is 0.109. The van der Waals surface area contributed by atoms with Crippen molar-refractivity contribution in [3.05, 3.63) is 71.1 Å². The first-order valence-corrected chi connectivity index (χ1v) is 10.5. The Balaban J connectivity index is 1.29. The van der Waals surface area contributed by atoms with Gasteiger partial charge >= 0.3 is 0 Å². The van der Waals surface area contributed by atoms with Crippen LogP contribution in [0, 0.1) is 4.84 Å². The van der Waals surface area contributed by atoms with Crippen molar-refractivity contribution in [1.82, 2.24) is 19.6 Å². The van der Waals surface area contributed by atoms with Crippen LogP contribution < -0.4 is 4.74 Å². The molecule has 1 saturated heterocycles. The summed E-state index contributed by atoms with van der Waals surface area (Å²) >= 11 is 5.38. The van der Waals surface area contributed by atoms with E-state index < -0.39 is 0 Å². The monoisotopic (exact) mass is 422 g/mol. The molecule has 0 unspecified atom stereocenters. The van der Waals surface area contributed by atoms with Gasteiger partial charge in [-0.05, 0) is 42.0 Å². The molecule has 1 aliphatic rings. The molecule has 1 fully saturated rings. The smallest absolute Gasteiger partial charge is 0.288 e. The second-order valence-electron chi connectivity index (χ2n) is 7.27. The summed E-state index contributed by atoms with van der Waals surface area (Å²) in [7, 11) is 1.65. The van der Waals surface area contributed by atoms with Gasteiger partial charge in [0.15, 0.2) is 0 Å². The van der Waals surface area contributed by atoms with Gasteiger partial charge in [0, 0.05) is 38.3 Å². The molecule has 156 valence electrons. The summed E-state index contributed by atoms with van der Waals surface area (Å²) in [5.74, 6) is 1.33. The molecular weight excluding hydrogens is 396 g/mol. The molecule has 0 saturated carbocycles. The Hall–Kier alpha value is -2.74. The van der Waals surface area contributed by atoms with Gasteiger partial charge in [0.1, 0.15) is 5.75 Å². The molecule has 0 amide bonds. The van der Waals surface area contributed by atoms with Crippen LogP contribution in [0.1, 0.15) is 5.56 Å². The molecule has 4 rings (SSSR count). The number of hydrogen-bond donors (Lipinski definition) is 0. The van der Waals surface area contributed by atoms with Gasteiger partial charge in [0.05, 0.1) is 13.8 Å². The molecule has 30 heavy (non-hydrogen) atoms. The summed E-state index contributed by atoms with van der Waals surface area (Å²) in [5.41, 5.74) is 2.12. The topological polar surface area (TPSA) is 46.7 Å². The highest BCUT2D eigenvalue weighted by Crippen LogP contribution is 2.21. The van der Waals surface area contributed by atoms with E-state index in [1.165, 1.54) is 5.56 Å². The van der Waals surface area contributed by atoms with Crippen LogP contribution in [0.4, 0.5) is 0 Å². The maximum Gasteiger partial charge on any atom is 0.288 e. The first kappa shape index (κ1) is 20.5. The molecule has 2 heterocycles. The quantitative estimate of drug-likeness (QED) is 0.533. The normalized spacial score (nSPS) is 15.6. The summed E-state index contributed by atoms with van der Waals surface area (Å²) in [6.07, 6.45) is 4.42. The summed E-state index contributed by atoms with van der Waals surface area (Å²) in [6, 6.07) is 18.0. The van der Waals surface area contributed by atoms with Gasteiger partial charge in [-0.25, -0.2) is 4.68 Å². The standard InChI is InChI=1S/C23H26N4O2S/c1-28-21-11-9-20(10-12-21)22-24-27(23(30)29-22)18-26-16-14-25(15-17-26)13-5-8-19-6-3-2-4-7-19/h2-12H,13-18H2,1H3/b8-5+. The molecule has 6 nitrogen and oxygen atoms in total. The fourth-order valence-electron chi connectivity index (χ4n) is 3.45. The van der Waals surface area contributed by atoms with Gasteiger partial charge < -0.3 is 9.15 Å². The van der Waals surface area contributed by atoms with Crippen molar-refractivity contribution in [1.29, 1.82) is 0 Å². The fraction of sp³-hybridized carbons (Fsp3) is 0.304. The SMILES string of the molecule is COc1ccc(-c2nn(CN3CCN(C/C=C/c4ccccc4)CC3)c(=S)o2)cc1. The van der Waals surface area contributed by atoms with Crippen molar-refractivity contribution in [2.45, 2.75) is 6.67 Å². The molecule has 2 aromatic carbocycles. The Morgan fingerprint density at radius 2 is 1.70 bits per heavy atom. The molecule has 7 heteroatoms. The second-order valence-corrected chi connectivity index (χ2v) is 7.62. The molecule has 0 N–H and O–H groups in total. The predicted molar refractivity (Wildman–Crippen MR) is 121 cm³/mol. The highest BCUT2D eigenvalue weighted by atomic mass is 32.1. The first-order valence-electron chi connectivity index (χ1n) is 10.1. The maximum atomic E-state index is 5.71. The maximum absolute atomic E-state index is 5.71. The third-order valence-electron chi connectivity index (χ3n) is 5.22. The lowest BCUT2D eigenvalue weighted by Gasteiger charge is -2.33. The second kappa shape index (κ2) is 9.84. The minimum Gasteiger partial charge on any atom is -0.497 e. The summed E-state index contributed by atoms with van der Waals surface area (Å²) in [6.45, 7) is 5.61. The van der Waals surface area contributed by atoms with Crippen LogP contribution >= 0.6 is 12.2 Å². The minimum absolute atomic E-state index is 0.397. The first-order chi connectivity index (χ1) is 14.7. The van der Waals surface area contributed by atoms with Crippen molar-refractivity contribution < 1.29 is 9.15 Å². The molecule has 0 atom stereocenters. The zero-order valence-corrected chi connectivity index (χ0v) is 17.9. The van der Waals surface area contributed by atoms with E-state index >= 15 is 0 Å². The van der Waals surface area contributed by atoms with E-state index in [2.05, 4.69) is 51.3 Å². The van der Waals surface area contributed by atoms with E-state index in [1.807, 2.05) is 30.3 Å². The summed E-state index contributed by atoms with van der Waals surface area (Å²) in [5, 5.41) is 4.57. The van der Waals surface area contributed by atoms with E-state index in [4.69, 9.17) is 21.4 Å². The van der Waals surface area contributed by atoms with Crippen LogP contribution in [-0.2, 0) is 6.67 Å². The molecular formula is C23H26N4O2S. The van der Waals surface area contributed by atoms with Crippen LogP contribution in [-0.4, -0.2) is 59.4 Å². The van der Waals surface area contributed by atoms with Gasteiger partial charge in [-0.2, -0.15) is 0 Å². The Kier molecular flexibility index (Phi) is 6.74. The number of benzene rings is 2. The number of nitrogens with zero attached hydrogens (tertiary/aromatic N) is 4. The number of piperazine rings is 1. The number of methoxy groups -OCH3 is 1. The fourth-order valence-corrected chi connectivity index (χ4v) is 3.63. The summed E-state index contributed by atoms with van der Waals surface area (Å²) < 4.78 is 12.7. The Morgan fingerprint density at radius 1 is 1.00 bits per heavy atom. The third-order valence-corrected chi connectivity index (χ3v) is 5.51. The van der Waals surface area contributed by atoms with Gasteiger partial charge in [-0.3, -0.25) is 9.80 Å². The van der Waals surface area contributed by atoms with Crippen LogP contribution in [0.15, 0.2) is 65.1 Å². The highest BCUT2D eigenvalue weighted by Gasteiger charge is 2.18. The number of rotatable bonds is 7. The number of ether oxygens (including phenoxy) is 1. The molecule has 0 radical (unpaired) electrons. The van der Waals surface area contributed by atoms with Gasteiger partial charge in [0.25, 0.3) is 4.84 Å². The Labute approximate surface area is 182 Å². The lowest BCUT2D eigenvalue weighted by atomic mass is 10.2. The molecule has 0 aliphatic carbocycles. The Bertz CT molecular complexity index is 1020. The highest BCUT2D eigenvalue weighted by molar-refractivity contribution is 7.71. The van der Waals surface area contributed by atoms with Crippen LogP contribution in [0.3, 0.4) is 0 Å². The zero-order chi connectivity index (χ0) is 20.8.